The summed E-state index contributed by atoms with van der Waals surface area (Å²) >= 11 is 0. The third-order valence-electron chi connectivity index (χ3n) is 5.18. The highest BCUT2D eigenvalue weighted by molar-refractivity contribution is 5.96. The molecule has 0 saturated heterocycles. The van der Waals surface area contributed by atoms with E-state index in [0.717, 1.165) is 29.7 Å². The molecule has 160 valence electrons. The van der Waals surface area contributed by atoms with Gasteiger partial charge in [-0.3, -0.25) is 14.9 Å². The van der Waals surface area contributed by atoms with E-state index < -0.39 is 0 Å². The van der Waals surface area contributed by atoms with Crippen molar-refractivity contribution in [3.8, 4) is 11.5 Å². The van der Waals surface area contributed by atoms with Crippen molar-refractivity contribution in [2.24, 2.45) is 0 Å². The van der Waals surface area contributed by atoms with Gasteiger partial charge in [-0.2, -0.15) is 0 Å². The van der Waals surface area contributed by atoms with E-state index in [2.05, 4.69) is 17.6 Å². The summed E-state index contributed by atoms with van der Waals surface area (Å²) in [6.45, 7) is 3.30. The molecule has 2 aromatic carbocycles. The van der Waals surface area contributed by atoms with Crippen molar-refractivity contribution in [3.05, 3.63) is 57.6 Å². The number of nitrogens with one attached hydrogen (secondary N) is 2. The number of rotatable bonds is 10. The van der Waals surface area contributed by atoms with Gasteiger partial charge in [0.25, 0.3) is 5.69 Å². The number of hydrogen-bond acceptors (Lipinski definition) is 6. The average molecular weight is 413 g/mol. The number of aryl methyl sites for hydroxylation is 1. The normalized spacial score (nSPS) is 13.9. The molecule has 30 heavy (non-hydrogen) atoms. The van der Waals surface area contributed by atoms with Crippen molar-refractivity contribution in [3.63, 3.8) is 0 Å². The quantitative estimate of drug-likeness (QED) is 0.351. The largest absolute Gasteiger partial charge is 0.495 e. The fourth-order valence-corrected chi connectivity index (χ4v) is 3.47. The number of ether oxygens (including phenoxy) is 2. The molecule has 1 aliphatic rings. The Labute approximate surface area is 175 Å². The fourth-order valence-electron chi connectivity index (χ4n) is 3.47. The number of nitro groups is 1. The molecule has 3 rings (SSSR count). The van der Waals surface area contributed by atoms with E-state index in [1.807, 2.05) is 6.07 Å². The Kier molecular flexibility index (Phi) is 7.24. The van der Waals surface area contributed by atoms with Crippen LogP contribution in [0.15, 0.2) is 36.4 Å². The van der Waals surface area contributed by atoms with Crippen molar-refractivity contribution in [2.75, 3.05) is 25.6 Å². The minimum Gasteiger partial charge on any atom is -0.495 e. The SMILES string of the molecule is COc1ccc(OCCNC(C)CCc2ccc([N+](=O)[O-])cc2)c2c1NC(=O)CC2. The van der Waals surface area contributed by atoms with Crippen LogP contribution in [0.5, 0.6) is 11.5 Å². The lowest BCUT2D eigenvalue weighted by Gasteiger charge is -2.22. The lowest BCUT2D eigenvalue weighted by atomic mass is 10.0. The number of non-ortho nitro benzene ring substituents is 1. The number of nitro benzene ring substituents is 1. The van der Waals surface area contributed by atoms with Crippen LogP contribution in [0.3, 0.4) is 0 Å². The second-order valence-corrected chi connectivity index (χ2v) is 7.33. The zero-order valence-corrected chi connectivity index (χ0v) is 17.3. The van der Waals surface area contributed by atoms with Gasteiger partial charge in [-0.25, -0.2) is 0 Å². The third kappa shape index (κ3) is 5.48. The molecule has 0 spiro atoms. The molecule has 2 aromatic rings. The summed E-state index contributed by atoms with van der Waals surface area (Å²) < 4.78 is 11.3. The summed E-state index contributed by atoms with van der Waals surface area (Å²) in [6.07, 6.45) is 2.84. The summed E-state index contributed by atoms with van der Waals surface area (Å²) in [5, 5.41) is 17.0. The summed E-state index contributed by atoms with van der Waals surface area (Å²) in [4.78, 5) is 22.0. The molecule has 1 unspecified atom stereocenters. The molecule has 1 heterocycles. The Morgan fingerprint density at radius 1 is 1.17 bits per heavy atom. The molecule has 1 aliphatic heterocycles. The van der Waals surface area contributed by atoms with E-state index in [-0.39, 0.29) is 22.6 Å². The van der Waals surface area contributed by atoms with Gasteiger partial charge in [-0.1, -0.05) is 12.1 Å². The van der Waals surface area contributed by atoms with Crippen molar-refractivity contribution in [2.45, 2.75) is 38.6 Å². The smallest absolute Gasteiger partial charge is 0.269 e. The molecule has 0 aromatic heterocycles. The van der Waals surface area contributed by atoms with E-state index in [4.69, 9.17) is 9.47 Å². The van der Waals surface area contributed by atoms with E-state index in [1.54, 1.807) is 37.4 Å². The standard InChI is InChI=1S/C22H27N3O5/c1-15(3-4-16-5-7-17(8-6-16)25(27)28)23-13-14-30-19-10-11-20(29-2)22-18(19)9-12-21(26)24-22/h5-8,10-11,15,23H,3-4,9,12-14H2,1-2H3,(H,24,26). The van der Waals surface area contributed by atoms with Gasteiger partial charge in [0.05, 0.1) is 17.7 Å². The fraction of sp³-hybridized carbons (Fsp3) is 0.409. The number of fused-ring (bicyclic) bond motifs is 1. The molecule has 8 nitrogen and oxygen atoms in total. The molecule has 0 bridgehead atoms. The van der Waals surface area contributed by atoms with Crippen molar-refractivity contribution in [1.82, 2.24) is 5.32 Å². The number of methoxy groups -OCH3 is 1. The van der Waals surface area contributed by atoms with Crippen molar-refractivity contribution >= 4 is 17.3 Å². The van der Waals surface area contributed by atoms with E-state index in [9.17, 15) is 14.9 Å². The first-order chi connectivity index (χ1) is 14.5. The third-order valence-corrected chi connectivity index (χ3v) is 5.18. The second kappa shape index (κ2) is 10.1. The maximum absolute atomic E-state index is 11.7. The first-order valence-corrected chi connectivity index (χ1v) is 10.1. The first-order valence-electron chi connectivity index (χ1n) is 10.1. The number of carbonyl (C=O) groups is 1. The van der Waals surface area contributed by atoms with Crippen LogP contribution in [0.1, 0.15) is 30.9 Å². The van der Waals surface area contributed by atoms with Gasteiger partial charge in [0, 0.05) is 36.7 Å². The predicted molar refractivity (Wildman–Crippen MR) is 114 cm³/mol. The van der Waals surface area contributed by atoms with Gasteiger partial charge in [0.2, 0.25) is 5.91 Å². The molecule has 1 atom stereocenters. The van der Waals surface area contributed by atoms with Gasteiger partial charge in [0.1, 0.15) is 18.1 Å². The van der Waals surface area contributed by atoms with Crippen LogP contribution in [0.2, 0.25) is 0 Å². The Morgan fingerprint density at radius 3 is 2.60 bits per heavy atom. The van der Waals surface area contributed by atoms with Crippen molar-refractivity contribution < 1.29 is 19.2 Å². The number of nitrogens with zero attached hydrogens (tertiary/aromatic N) is 1. The van der Waals surface area contributed by atoms with Crippen molar-refractivity contribution in [1.29, 1.82) is 0 Å². The molecule has 8 heteroatoms. The predicted octanol–water partition coefficient (Wildman–Crippen LogP) is 3.48. The summed E-state index contributed by atoms with van der Waals surface area (Å²) in [7, 11) is 1.58. The highest BCUT2D eigenvalue weighted by Crippen LogP contribution is 2.38. The topological polar surface area (TPSA) is 103 Å². The van der Waals surface area contributed by atoms with E-state index in [0.29, 0.717) is 37.4 Å². The molecular weight excluding hydrogens is 386 g/mol. The zero-order valence-electron chi connectivity index (χ0n) is 17.3. The summed E-state index contributed by atoms with van der Waals surface area (Å²) in [5.41, 5.74) is 2.87. The van der Waals surface area contributed by atoms with Gasteiger partial charge in [-0.05, 0) is 43.9 Å². The number of anilines is 1. The van der Waals surface area contributed by atoms with Gasteiger partial charge < -0.3 is 20.1 Å². The Morgan fingerprint density at radius 2 is 1.90 bits per heavy atom. The second-order valence-electron chi connectivity index (χ2n) is 7.33. The molecule has 0 radical (unpaired) electrons. The molecule has 0 saturated carbocycles. The molecule has 0 fully saturated rings. The van der Waals surface area contributed by atoms with E-state index >= 15 is 0 Å². The summed E-state index contributed by atoms with van der Waals surface area (Å²) in [5.74, 6) is 1.40. The molecule has 2 N–H and O–H groups in total. The van der Waals surface area contributed by atoms with Crippen LogP contribution >= 0.6 is 0 Å². The van der Waals surface area contributed by atoms with E-state index in [1.165, 1.54) is 0 Å². The number of benzene rings is 2. The van der Waals surface area contributed by atoms with Crippen LogP contribution < -0.4 is 20.1 Å². The number of amides is 1. The lowest BCUT2D eigenvalue weighted by Crippen LogP contribution is -2.30. The monoisotopic (exact) mass is 413 g/mol. The Bertz CT molecular complexity index is 898. The van der Waals surface area contributed by atoms with Gasteiger partial charge >= 0.3 is 0 Å². The van der Waals surface area contributed by atoms with Gasteiger partial charge in [-0.15, -0.1) is 0 Å². The highest BCUT2D eigenvalue weighted by atomic mass is 16.6. The first kappa shape index (κ1) is 21.6. The zero-order chi connectivity index (χ0) is 21.5. The average Bonchev–Trinajstić information content (AvgIpc) is 2.75. The number of carbonyl (C=O) groups excluding carboxylic acids is 1. The molecule has 1 amide bonds. The molecular formula is C22H27N3O5. The van der Waals surface area contributed by atoms with Crippen LogP contribution in [-0.2, 0) is 17.6 Å². The maximum atomic E-state index is 11.7. The Hall–Kier alpha value is -3.13. The minimum atomic E-state index is -0.387. The highest BCUT2D eigenvalue weighted by Gasteiger charge is 2.22. The number of hydrogen-bond donors (Lipinski definition) is 2. The Balaban J connectivity index is 1.44. The van der Waals surface area contributed by atoms with Crippen LogP contribution in [0.25, 0.3) is 0 Å². The van der Waals surface area contributed by atoms with Gasteiger partial charge in [0.15, 0.2) is 0 Å². The maximum Gasteiger partial charge on any atom is 0.269 e. The van der Waals surface area contributed by atoms with Crippen LogP contribution in [0.4, 0.5) is 11.4 Å². The summed E-state index contributed by atoms with van der Waals surface area (Å²) in [6, 6.07) is 10.7. The van der Waals surface area contributed by atoms with Crippen LogP contribution in [0, 0.1) is 10.1 Å². The molecule has 0 aliphatic carbocycles. The van der Waals surface area contributed by atoms with Crippen LogP contribution in [-0.4, -0.2) is 37.1 Å². The lowest BCUT2D eigenvalue weighted by molar-refractivity contribution is -0.384. The minimum absolute atomic E-state index is 0.0125.